The highest BCUT2D eigenvalue weighted by Crippen LogP contribution is 2.34. The number of amides is 2. The van der Waals surface area contributed by atoms with E-state index in [-0.39, 0.29) is 5.91 Å². The van der Waals surface area contributed by atoms with E-state index in [9.17, 15) is 9.59 Å². The number of hydrogen-bond donors (Lipinski definition) is 1. The highest BCUT2D eigenvalue weighted by atomic mass is 16.7. The molecule has 0 aromatic carbocycles. The molecule has 1 N–H and O–H groups in total. The Bertz CT molecular complexity index is 278. The second-order valence-electron chi connectivity index (χ2n) is 4.11. The van der Waals surface area contributed by atoms with E-state index in [0.29, 0.717) is 12.3 Å². The molecule has 1 rings (SSSR count). The summed E-state index contributed by atoms with van der Waals surface area (Å²) in [6.45, 7) is 0. The summed E-state index contributed by atoms with van der Waals surface area (Å²) in [6.07, 6.45) is 1.64. The van der Waals surface area contributed by atoms with Crippen LogP contribution in [0.4, 0.5) is 4.79 Å². The predicted molar refractivity (Wildman–Crippen MR) is 56.7 cm³/mol. The number of hydrogen-bond acceptors (Lipinski definition) is 3. The molecule has 0 aromatic rings. The van der Waals surface area contributed by atoms with Crippen LogP contribution in [0.15, 0.2) is 0 Å². The van der Waals surface area contributed by atoms with Crippen molar-refractivity contribution in [2.24, 2.45) is 5.92 Å². The fraction of sp³-hybridized carbons (Fsp3) is 0.800. The summed E-state index contributed by atoms with van der Waals surface area (Å²) < 4.78 is 0. The van der Waals surface area contributed by atoms with Crippen LogP contribution in [0.1, 0.15) is 19.3 Å². The largest absolute Gasteiger partial charge is 0.465 e. The van der Waals surface area contributed by atoms with E-state index in [0.717, 1.165) is 22.8 Å². The molecule has 0 bridgehead atoms. The molecule has 92 valence electrons. The fourth-order valence-corrected chi connectivity index (χ4v) is 1.53. The first-order valence-electron chi connectivity index (χ1n) is 5.24. The van der Waals surface area contributed by atoms with Crippen LogP contribution in [0.25, 0.3) is 0 Å². The van der Waals surface area contributed by atoms with Gasteiger partial charge in [-0.05, 0) is 12.3 Å². The summed E-state index contributed by atoms with van der Waals surface area (Å²) in [4.78, 5) is 28.6. The SMILES string of the molecule is CON(C)C(=O)C(CC1CC1)N(C)C(=O)O. The van der Waals surface area contributed by atoms with Crippen LogP contribution in [-0.2, 0) is 9.63 Å². The molecular formula is C10H18N2O4. The Labute approximate surface area is 94.7 Å². The van der Waals surface area contributed by atoms with Gasteiger partial charge in [-0.25, -0.2) is 9.86 Å². The maximum absolute atomic E-state index is 11.9. The van der Waals surface area contributed by atoms with E-state index in [2.05, 4.69) is 0 Å². The topological polar surface area (TPSA) is 70.1 Å². The van der Waals surface area contributed by atoms with Crippen LogP contribution in [0, 0.1) is 5.92 Å². The molecule has 0 saturated heterocycles. The van der Waals surface area contributed by atoms with Crippen molar-refractivity contribution < 1.29 is 19.5 Å². The zero-order valence-corrected chi connectivity index (χ0v) is 9.84. The summed E-state index contributed by atoms with van der Waals surface area (Å²) in [5, 5.41) is 9.98. The summed E-state index contributed by atoms with van der Waals surface area (Å²) in [5.41, 5.74) is 0. The Morgan fingerprint density at radius 2 is 2.00 bits per heavy atom. The molecular weight excluding hydrogens is 212 g/mol. The van der Waals surface area contributed by atoms with Crippen LogP contribution in [-0.4, -0.2) is 54.3 Å². The van der Waals surface area contributed by atoms with Crippen molar-refractivity contribution in [1.29, 1.82) is 0 Å². The predicted octanol–water partition coefficient (Wildman–Crippen LogP) is 0.785. The van der Waals surface area contributed by atoms with Gasteiger partial charge in [0.25, 0.3) is 5.91 Å². The van der Waals surface area contributed by atoms with Crippen molar-refractivity contribution in [3.8, 4) is 0 Å². The van der Waals surface area contributed by atoms with Gasteiger partial charge in [0.15, 0.2) is 0 Å². The van der Waals surface area contributed by atoms with Crippen LogP contribution in [0.5, 0.6) is 0 Å². The lowest BCUT2D eigenvalue weighted by Gasteiger charge is -2.27. The van der Waals surface area contributed by atoms with E-state index in [4.69, 9.17) is 9.94 Å². The molecule has 1 aliphatic carbocycles. The molecule has 6 heteroatoms. The van der Waals surface area contributed by atoms with E-state index < -0.39 is 12.1 Å². The van der Waals surface area contributed by atoms with Gasteiger partial charge in [-0.3, -0.25) is 14.5 Å². The highest BCUT2D eigenvalue weighted by Gasteiger charge is 2.35. The van der Waals surface area contributed by atoms with Crippen LogP contribution in [0.3, 0.4) is 0 Å². The summed E-state index contributed by atoms with van der Waals surface area (Å²) in [6, 6.07) is -0.644. The molecule has 1 atom stereocenters. The second-order valence-corrected chi connectivity index (χ2v) is 4.11. The number of carbonyl (C=O) groups is 2. The van der Waals surface area contributed by atoms with E-state index in [1.54, 1.807) is 0 Å². The monoisotopic (exact) mass is 230 g/mol. The smallest absolute Gasteiger partial charge is 0.407 e. The fourth-order valence-electron chi connectivity index (χ4n) is 1.53. The molecule has 1 saturated carbocycles. The maximum atomic E-state index is 11.9. The van der Waals surface area contributed by atoms with Crippen molar-refractivity contribution in [3.05, 3.63) is 0 Å². The highest BCUT2D eigenvalue weighted by molar-refractivity contribution is 5.84. The van der Waals surface area contributed by atoms with Gasteiger partial charge in [0, 0.05) is 14.1 Å². The van der Waals surface area contributed by atoms with Gasteiger partial charge in [-0.1, -0.05) is 12.8 Å². The molecule has 0 radical (unpaired) electrons. The minimum absolute atomic E-state index is 0.320. The number of rotatable bonds is 5. The van der Waals surface area contributed by atoms with Gasteiger partial charge in [0.2, 0.25) is 0 Å². The number of carbonyl (C=O) groups excluding carboxylic acids is 1. The Balaban J connectivity index is 2.68. The molecule has 0 spiro atoms. The number of hydroxylamine groups is 2. The van der Waals surface area contributed by atoms with Crippen LogP contribution in [0.2, 0.25) is 0 Å². The first-order chi connectivity index (χ1) is 7.47. The molecule has 0 heterocycles. The maximum Gasteiger partial charge on any atom is 0.407 e. The third-order valence-corrected chi connectivity index (χ3v) is 2.89. The normalized spacial score (nSPS) is 16.7. The average Bonchev–Trinajstić information content (AvgIpc) is 3.06. The minimum Gasteiger partial charge on any atom is -0.465 e. The Hall–Kier alpha value is -1.30. The summed E-state index contributed by atoms with van der Waals surface area (Å²) in [5.74, 6) is 0.153. The zero-order valence-electron chi connectivity index (χ0n) is 9.84. The molecule has 1 unspecified atom stereocenters. The van der Waals surface area contributed by atoms with E-state index >= 15 is 0 Å². The van der Waals surface area contributed by atoms with E-state index in [1.165, 1.54) is 21.2 Å². The molecule has 1 aliphatic rings. The molecule has 6 nitrogen and oxygen atoms in total. The van der Waals surface area contributed by atoms with Gasteiger partial charge in [-0.2, -0.15) is 0 Å². The lowest BCUT2D eigenvalue weighted by atomic mass is 10.1. The number of likely N-dealkylation sites (N-methyl/N-ethyl adjacent to an activating group) is 2. The Morgan fingerprint density at radius 3 is 2.38 bits per heavy atom. The van der Waals surface area contributed by atoms with Gasteiger partial charge >= 0.3 is 6.09 Å². The third kappa shape index (κ3) is 3.10. The number of carboxylic acid groups (broad SMARTS) is 1. The summed E-state index contributed by atoms with van der Waals surface area (Å²) in [7, 11) is 4.28. The Kier molecular flexibility index (Phi) is 4.12. The quantitative estimate of drug-likeness (QED) is 0.709. The van der Waals surface area contributed by atoms with Crippen molar-refractivity contribution in [2.75, 3.05) is 21.2 Å². The molecule has 16 heavy (non-hydrogen) atoms. The minimum atomic E-state index is -1.09. The third-order valence-electron chi connectivity index (χ3n) is 2.89. The zero-order chi connectivity index (χ0) is 12.3. The van der Waals surface area contributed by atoms with Gasteiger partial charge in [-0.15, -0.1) is 0 Å². The lowest BCUT2D eigenvalue weighted by Crippen LogP contribution is -2.47. The molecule has 1 fully saturated rings. The van der Waals surface area contributed by atoms with Crippen molar-refractivity contribution in [3.63, 3.8) is 0 Å². The van der Waals surface area contributed by atoms with Crippen molar-refractivity contribution in [1.82, 2.24) is 9.96 Å². The Morgan fingerprint density at radius 1 is 1.44 bits per heavy atom. The van der Waals surface area contributed by atoms with Gasteiger partial charge < -0.3 is 5.11 Å². The molecule has 0 aromatic heterocycles. The van der Waals surface area contributed by atoms with Crippen LogP contribution >= 0.6 is 0 Å². The van der Waals surface area contributed by atoms with E-state index in [1.807, 2.05) is 0 Å². The first kappa shape index (κ1) is 12.8. The average molecular weight is 230 g/mol. The number of nitrogens with zero attached hydrogens (tertiary/aromatic N) is 2. The van der Waals surface area contributed by atoms with Crippen molar-refractivity contribution in [2.45, 2.75) is 25.3 Å². The second kappa shape index (κ2) is 5.16. The standard InChI is InChI=1S/C10H18N2O4/c1-11(10(14)15)8(6-7-4-5-7)9(13)12(2)16-3/h7-8H,4-6H2,1-3H3,(H,14,15). The lowest BCUT2D eigenvalue weighted by molar-refractivity contribution is -0.174. The van der Waals surface area contributed by atoms with Gasteiger partial charge in [0.05, 0.1) is 7.11 Å². The van der Waals surface area contributed by atoms with Crippen molar-refractivity contribution >= 4 is 12.0 Å². The van der Waals surface area contributed by atoms with Crippen LogP contribution < -0.4 is 0 Å². The molecule has 2 amide bonds. The molecule has 0 aliphatic heterocycles. The summed E-state index contributed by atoms with van der Waals surface area (Å²) >= 11 is 0. The first-order valence-corrected chi connectivity index (χ1v) is 5.24. The van der Waals surface area contributed by atoms with Gasteiger partial charge in [0.1, 0.15) is 6.04 Å².